The first-order chi connectivity index (χ1) is 8.31. The van der Waals surface area contributed by atoms with E-state index in [1.54, 1.807) is 18.7 Å². The van der Waals surface area contributed by atoms with E-state index in [0.29, 0.717) is 6.42 Å². The van der Waals surface area contributed by atoms with E-state index in [1.807, 2.05) is 13.8 Å². The Morgan fingerprint density at radius 1 is 1.33 bits per heavy atom. The maximum Gasteiger partial charge on any atom is 0.329 e. The number of nitrogens with one attached hydrogen (secondary N) is 1. The second-order valence-corrected chi connectivity index (χ2v) is 5.46. The first kappa shape index (κ1) is 14.8. The molecule has 0 aliphatic carbocycles. The Bertz CT molecular complexity index is 322. The number of piperidine rings is 1. The summed E-state index contributed by atoms with van der Waals surface area (Å²) in [6, 6.07) is 0.0775. The van der Waals surface area contributed by atoms with Crippen molar-refractivity contribution < 1.29 is 14.7 Å². The molecule has 1 saturated heterocycles. The van der Waals surface area contributed by atoms with Crippen LogP contribution in [0.5, 0.6) is 0 Å². The molecule has 5 nitrogen and oxygen atoms in total. The van der Waals surface area contributed by atoms with Crippen LogP contribution in [0, 0.1) is 0 Å². The van der Waals surface area contributed by atoms with Gasteiger partial charge in [-0.1, -0.05) is 6.92 Å². The van der Waals surface area contributed by atoms with Crippen molar-refractivity contribution >= 4 is 12.0 Å². The van der Waals surface area contributed by atoms with Gasteiger partial charge in [0, 0.05) is 12.1 Å². The SMILES string of the molecule is CCC(C)(NC(=O)N1C(C)CCCC1C)C(=O)O. The molecule has 1 fully saturated rings. The molecule has 1 heterocycles. The number of carboxylic acid groups (broad SMARTS) is 1. The number of carbonyl (C=O) groups is 2. The summed E-state index contributed by atoms with van der Waals surface area (Å²) in [4.78, 5) is 25.2. The number of hydrogen-bond donors (Lipinski definition) is 2. The number of aliphatic carboxylic acids is 1. The van der Waals surface area contributed by atoms with Gasteiger partial charge in [-0.2, -0.15) is 0 Å². The number of hydrogen-bond acceptors (Lipinski definition) is 2. The lowest BCUT2D eigenvalue weighted by Crippen LogP contribution is -2.59. The molecule has 0 spiro atoms. The molecule has 0 aromatic heterocycles. The molecule has 3 atom stereocenters. The molecule has 2 amide bonds. The molecular weight excluding hydrogens is 232 g/mol. The normalized spacial score (nSPS) is 27.4. The van der Waals surface area contributed by atoms with Crippen LogP contribution in [0.4, 0.5) is 4.79 Å². The molecule has 0 saturated carbocycles. The van der Waals surface area contributed by atoms with Crippen LogP contribution in [0.2, 0.25) is 0 Å². The first-order valence-electron chi connectivity index (χ1n) is 6.65. The minimum atomic E-state index is -1.19. The van der Waals surface area contributed by atoms with Gasteiger partial charge in [-0.25, -0.2) is 9.59 Å². The molecule has 1 rings (SSSR count). The second kappa shape index (κ2) is 5.59. The number of rotatable bonds is 3. The highest BCUT2D eigenvalue weighted by atomic mass is 16.4. The van der Waals surface area contributed by atoms with Gasteiger partial charge in [0.25, 0.3) is 0 Å². The van der Waals surface area contributed by atoms with Gasteiger partial charge in [-0.15, -0.1) is 0 Å². The van der Waals surface area contributed by atoms with Crippen molar-refractivity contribution in [2.75, 3.05) is 0 Å². The van der Waals surface area contributed by atoms with Crippen molar-refractivity contribution in [3.63, 3.8) is 0 Å². The number of urea groups is 1. The van der Waals surface area contributed by atoms with Crippen molar-refractivity contribution in [3.8, 4) is 0 Å². The summed E-state index contributed by atoms with van der Waals surface area (Å²) in [5.41, 5.74) is -1.19. The molecule has 1 aliphatic heterocycles. The van der Waals surface area contributed by atoms with Gasteiger partial charge in [0.1, 0.15) is 5.54 Å². The molecular formula is C13H24N2O3. The average molecular weight is 256 g/mol. The van der Waals surface area contributed by atoms with Crippen LogP contribution in [0.1, 0.15) is 53.4 Å². The largest absolute Gasteiger partial charge is 0.480 e. The van der Waals surface area contributed by atoms with E-state index in [1.165, 1.54) is 0 Å². The summed E-state index contributed by atoms with van der Waals surface area (Å²) in [6.07, 6.45) is 3.45. The van der Waals surface area contributed by atoms with E-state index in [0.717, 1.165) is 19.3 Å². The lowest BCUT2D eigenvalue weighted by molar-refractivity contribution is -0.144. The van der Waals surface area contributed by atoms with Crippen molar-refractivity contribution in [1.29, 1.82) is 0 Å². The fourth-order valence-electron chi connectivity index (χ4n) is 2.42. The van der Waals surface area contributed by atoms with E-state index in [2.05, 4.69) is 5.32 Å². The van der Waals surface area contributed by atoms with Crippen molar-refractivity contribution in [2.24, 2.45) is 0 Å². The molecule has 18 heavy (non-hydrogen) atoms. The molecule has 0 aromatic carbocycles. The Kier molecular flexibility index (Phi) is 4.59. The summed E-state index contributed by atoms with van der Waals surface area (Å²) >= 11 is 0. The zero-order valence-corrected chi connectivity index (χ0v) is 11.7. The highest BCUT2D eigenvalue weighted by molar-refractivity contribution is 5.86. The number of nitrogens with zero attached hydrogens (tertiary/aromatic N) is 1. The zero-order valence-electron chi connectivity index (χ0n) is 11.7. The van der Waals surface area contributed by atoms with Crippen LogP contribution in [-0.4, -0.2) is 39.6 Å². The number of carbonyl (C=O) groups excluding carboxylic acids is 1. The Morgan fingerprint density at radius 2 is 1.83 bits per heavy atom. The minimum Gasteiger partial charge on any atom is -0.480 e. The van der Waals surface area contributed by atoms with Gasteiger partial charge in [0.15, 0.2) is 0 Å². The number of carboxylic acids is 1. The Hall–Kier alpha value is -1.26. The third-order valence-corrected chi connectivity index (χ3v) is 3.99. The van der Waals surface area contributed by atoms with E-state index in [9.17, 15) is 14.7 Å². The van der Waals surface area contributed by atoms with Crippen LogP contribution in [0.25, 0.3) is 0 Å². The number of likely N-dealkylation sites (tertiary alicyclic amines) is 1. The second-order valence-electron chi connectivity index (χ2n) is 5.46. The topological polar surface area (TPSA) is 69.6 Å². The fourth-order valence-corrected chi connectivity index (χ4v) is 2.42. The number of amides is 2. The van der Waals surface area contributed by atoms with Gasteiger partial charge in [0.05, 0.1) is 0 Å². The molecule has 3 unspecified atom stereocenters. The summed E-state index contributed by atoms with van der Waals surface area (Å²) in [6.45, 7) is 7.34. The van der Waals surface area contributed by atoms with Gasteiger partial charge in [-0.05, 0) is 46.5 Å². The van der Waals surface area contributed by atoms with Crippen LogP contribution in [0.15, 0.2) is 0 Å². The predicted octanol–water partition coefficient (Wildman–Crippen LogP) is 2.21. The fraction of sp³-hybridized carbons (Fsp3) is 0.846. The lowest BCUT2D eigenvalue weighted by atomic mass is 9.96. The molecule has 0 bridgehead atoms. The quantitative estimate of drug-likeness (QED) is 0.813. The Balaban J connectivity index is 2.77. The highest BCUT2D eigenvalue weighted by Crippen LogP contribution is 2.23. The van der Waals surface area contributed by atoms with E-state index in [-0.39, 0.29) is 18.1 Å². The monoisotopic (exact) mass is 256 g/mol. The summed E-state index contributed by atoms with van der Waals surface area (Å²) < 4.78 is 0. The smallest absolute Gasteiger partial charge is 0.329 e. The van der Waals surface area contributed by atoms with Gasteiger partial charge < -0.3 is 15.3 Å². The lowest BCUT2D eigenvalue weighted by Gasteiger charge is -2.40. The van der Waals surface area contributed by atoms with Gasteiger partial charge >= 0.3 is 12.0 Å². The molecule has 104 valence electrons. The van der Waals surface area contributed by atoms with E-state index < -0.39 is 11.5 Å². The Labute approximate surface area is 109 Å². The van der Waals surface area contributed by atoms with Crippen LogP contribution < -0.4 is 5.32 Å². The maximum absolute atomic E-state index is 12.2. The maximum atomic E-state index is 12.2. The van der Waals surface area contributed by atoms with Crippen molar-refractivity contribution in [1.82, 2.24) is 10.2 Å². The van der Waals surface area contributed by atoms with Crippen LogP contribution in [0.3, 0.4) is 0 Å². The third-order valence-electron chi connectivity index (χ3n) is 3.99. The van der Waals surface area contributed by atoms with Crippen molar-refractivity contribution in [3.05, 3.63) is 0 Å². The minimum absolute atomic E-state index is 0.170. The zero-order chi connectivity index (χ0) is 13.9. The predicted molar refractivity (Wildman–Crippen MR) is 69.5 cm³/mol. The van der Waals surface area contributed by atoms with Gasteiger partial charge in [-0.3, -0.25) is 0 Å². The molecule has 0 radical (unpaired) electrons. The molecule has 2 N–H and O–H groups in total. The van der Waals surface area contributed by atoms with Gasteiger partial charge in [0.2, 0.25) is 0 Å². The summed E-state index contributed by atoms with van der Waals surface area (Å²) in [7, 11) is 0. The van der Waals surface area contributed by atoms with E-state index >= 15 is 0 Å². The standard InChI is InChI=1S/C13H24N2O3/c1-5-13(4,11(16)17)14-12(18)15-9(2)7-6-8-10(15)3/h9-10H,5-8H2,1-4H3,(H,14,18)(H,16,17). The molecule has 5 heteroatoms. The third kappa shape index (κ3) is 2.94. The molecule has 1 aliphatic rings. The van der Waals surface area contributed by atoms with E-state index in [4.69, 9.17) is 0 Å². The molecule has 0 aromatic rings. The van der Waals surface area contributed by atoms with Crippen LogP contribution >= 0.6 is 0 Å². The Morgan fingerprint density at radius 3 is 2.22 bits per heavy atom. The summed E-state index contributed by atoms with van der Waals surface area (Å²) in [5.74, 6) is -0.990. The van der Waals surface area contributed by atoms with Crippen molar-refractivity contribution in [2.45, 2.75) is 71.0 Å². The summed E-state index contributed by atoms with van der Waals surface area (Å²) in [5, 5.41) is 11.8. The highest BCUT2D eigenvalue weighted by Gasteiger charge is 2.37. The van der Waals surface area contributed by atoms with Crippen LogP contribution in [-0.2, 0) is 4.79 Å². The first-order valence-corrected chi connectivity index (χ1v) is 6.65. The average Bonchev–Trinajstić information content (AvgIpc) is 2.28.